The lowest BCUT2D eigenvalue weighted by Crippen LogP contribution is -2.49. The van der Waals surface area contributed by atoms with Crippen LogP contribution in [0, 0.1) is 5.82 Å². The van der Waals surface area contributed by atoms with Gasteiger partial charge in [-0.15, -0.1) is 0 Å². The summed E-state index contributed by atoms with van der Waals surface area (Å²) in [5.74, 6) is -0.0787. The van der Waals surface area contributed by atoms with E-state index >= 15 is 0 Å². The second kappa shape index (κ2) is 8.08. The average Bonchev–Trinajstić information content (AvgIpc) is 2.63. The molecule has 0 aliphatic carbocycles. The van der Waals surface area contributed by atoms with E-state index in [1.807, 2.05) is 36.4 Å². The van der Waals surface area contributed by atoms with Crippen LogP contribution in [0.3, 0.4) is 0 Å². The topological polar surface area (TPSA) is 40.6 Å². The summed E-state index contributed by atoms with van der Waals surface area (Å²) in [4.78, 5) is 2.10. The van der Waals surface area contributed by atoms with Gasteiger partial charge in [-0.25, -0.2) is 12.8 Å². The highest BCUT2D eigenvalue weighted by Gasteiger charge is 2.26. The molecule has 0 bridgehead atoms. The monoisotopic (exact) mass is 362 g/mol. The Morgan fingerprint density at radius 1 is 0.880 bits per heavy atom. The van der Waals surface area contributed by atoms with Crippen molar-refractivity contribution in [1.29, 1.82) is 0 Å². The number of nitrogens with zero attached hydrogens (tertiary/aromatic N) is 2. The number of piperazine rings is 1. The van der Waals surface area contributed by atoms with Crippen molar-refractivity contribution in [3.05, 3.63) is 71.5 Å². The maximum atomic E-state index is 13.7. The molecule has 6 heteroatoms. The van der Waals surface area contributed by atoms with Gasteiger partial charge >= 0.3 is 0 Å². The predicted molar refractivity (Wildman–Crippen MR) is 97.2 cm³/mol. The van der Waals surface area contributed by atoms with Crippen molar-refractivity contribution in [3.8, 4) is 0 Å². The third kappa shape index (κ3) is 4.87. The fourth-order valence-electron chi connectivity index (χ4n) is 3.05. The van der Waals surface area contributed by atoms with Crippen LogP contribution in [0.2, 0.25) is 0 Å². The van der Waals surface area contributed by atoms with Gasteiger partial charge in [0.05, 0.1) is 5.75 Å². The molecule has 0 spiro atoms. The van der Waals surface area contributed by atoms with Crippen LogP contribution in [0.5, 0.6) is 0 Å². The number of benzene rings is 2. The molecular weight excluding hydrogens is 339 g/mol. The maximum Gasteiger partial charge on any atom is 0.214 e. The molecule has 0 atom stereocenters. The molecule has 4 nitrogen and oxygen atoms in total. The number of aryl methyl sites for hydroxylation is 1. The van der Waals surface area contributed by atoms with Crippen LogP contribution in [0.25, 0.3) is 0 Å². The Morgan fingerprint density at radius 3 is 2.20 bits per heavy atom. The molecular formula is C19H23FN2O2S. The minimum Gasteiger partial charge on any atom is -0.296 e. The van der Waals surface area contributed by atoms with Gasteiger partial charge in [0, 0.05) is 38.3 Å². The molecule has 2 aromatic rings. The van der Waals surface area contributed by atoms with Crippen molar-refractivity contribution in [2.24, 2.45) is 0 Å². The van der Waals surface area contributed by atoms with E-state index in [4.69, 9.17) is 0 Å². The summed E-state index contributed by atoms with van der Waals surface area (Å²) in [5.41, 5.74) is 1.69. The van der Waals surface area contributed by atoms with Crippen LogP contribution >= 0.6 is 0 Å². The number of rotatable bonds is 6. The first kappa shape index (κ1) is 18.0. The number of halogens is 1. The van der Waals surface area contributed by atoms with Gasteiger partial charge in [-0.2, -0.15) is 4.31 Å². The fraction of sp³-hybridized carbons (Fsp3) is 0.368. The molecule has 25 heavy (non-hydrogen) atoms. The first-order valence-electron chi connectivity index (χ1n) is 8.52. The van der Waals surface area contributed by atoms with Gasteiger partial charge < -0.3 is 0 Å². The highest BCUT2D eigenvalue weighted by Crippen LogP contribution is 2.14. The van der Waals surface area contributed by atoms with Gasteiger partial charge in [-0.05, 0) is 18.1 Å². The summed E-state index contributed by atoms with van der Waals surface area (Å²) in [7, 11) is -3.25. The summed E-state index contributed by atoms with van der Waals surface area (Å²) >= 11 is 0. The van der Waals surface area contributed by atoms with Crippen molar-refractivity contribution in [1.82, 2.24) is 9.21 Å². The van der Waals surface area contributed by atoms with Crippen LogP contribution in [-0.4, -0.2) is 49.6 Å². The van der Waals surface area contributed by atoms with Crippen molar-refractivity contribution >= 4 is 10.0 Å². The quantitative estimate of drug-likeness (QED) is 0.793. The van der Waals surface area contributed by atoms with E-state index in [9.17, 15) is 12.8 Å². The molecule has 1 heterocycles. The van der Waals surface area contributed by atoms with E-state index in [0.29, 0.717) is 44.7 Å². The van der Waals surface area contributed by atoms with Gasteiger partial charge in [0.25, 0.3) is 0 Å². The van der Waals surface area contributed by atoms with Gasteiger partial charge in [-0.3, -0.25) is 4.90 Å². The van der Waals surface area contributed by atoms with E-state index in [1.54, 1.807) is 16.4 Å². The van der Waals surface area contributed by atoms with Crippen molar-refractivity contribution < 1.29 is 12.8 Å². The first-order valence-corrected chi connectivity index (χ1v) is 10.1. The van der Waals surface area contributed by atoms with Crippen LogP contribution in [0.4, 0.5) is 4.39 Å². The highest BCUT2D eigenvalue weighted by atomic mass is 32.2. The lowest BCUT2D eigenvalue weighted by molar-refractivity contribution is 0.180. The summed E-state index contributed by atoms with van der Waals surface area (Å²) in [6.45, 7) is 2.69. The summed E-state index contributed by atoms with van der Waals surface area (Å²) in [6, 6.07) is 16.4. The lowest BCUT2D eigenvalue weighted by Gasteiger charge is -2.34. The summed E-state index contributed by atoms with van der Waals surface area (Å²) in [6.07, 6.45) is 0.526. The Balaban J connectivity index is 1.52. The normalized spacial score (nSPS) is 16.8. The zero-order chi connectivity index (χ0) is 17.7. The molecule has 0 aromatic heterocycles. The van der Waals surface area contributed by atoms with E-state index < -0.39 is 10.0 Å². The van der Waals surface area contributed by atoms with Crippen LogP contribution in [0.15, 0.2) is 54.6 Å². The Bertz CT molecular complexity index is 788. The molecule has 1 aliphatic rings. The zero-order valence-electron chi connectivity index (χ0n) is 14.1. The third-order valence-corrected chi connectivity index (χ3v) is 6.44. The van der Waals surface area contributed by atoms with Gasteiger partial charge in [0.2, 0.25) is 10.0 Å². The number of hydrogen-bond donors (Lipinski definition) is 0. The molecule has 0 saturated carbocycles. The summed E-state index contributed by atoms with van der Waals surface area (Å²) < 4.78 is 40.4. The molecule has 1 aliphatic heterocycles. The molecule has 0 unspecified atom stereocenters. The molecule has 0 radical (unpaired) electrons. The molecule has 1 saturated heterocycles. The second-order valence-corrected chi connectivity index (χ2v) is 8.41. The Kier molecular flexibility index (Phi) is 5.83. The molecule has 1 fully saturated rings. The van der Waals surface area contributed by atoms with E-state index in [0.717, 1.165) is 5.56 Å². The smallest absolute Gasteiger partial charge is 0.214 e. The van der Waals surface area contributed by atoms with Crippen LogP contribution in [-0.2, 0) is 23.0 Å². The molecule has 134 valence electrons. The molecule has 0 N–H and O–H groups in total. The molecule has 0 amide bonds. The predicted octanol–water partition coefficient (Wildman–Crippen LogP) is 2.52. The van der Waals surface area contributed by atoms with Gasteiger partial charge in [0.15, 0.2) is 0 Å². The third-order valence-electron chi connectivity index (χ3n) is 4.57. The molecule has 3 rings (SSSR count). The standard InChI is InChI=1S/C19H23FN2O2S/c20-19-9-5-4-8-18(19)16-21-11-13-22(14-12-21)25(23,24)15-10-17-6-2-1-3-7-17/h1-9H,10-16H2. The van der Waals surface area contributed by atoms with Gasteiger partial charge in [-0.1, -0.05) is 48.5 Å². The van der Waals surface area contributed by atoms with E-state index in [1.165, 1.54) is 6.07 Å². The Morgan fingerprint density at radius 2 is 1.52 bits per heavy atom. The SMILES string of the molecule is O=S(=O)(CCc1ccccc1)N1CCN(Cc2ccccc2F)CC1. The zero-order valence-corrected chi connectivity index (χ0v) is 15.0. The number of sulfonamides is 1. The summed E-state index contributed by atoms with van der Waals surface area (Å²) in [5, 5.41) is 0. The number of hydrogen-bond acceptors (Lipinski definition) is 3. The van der Waals surface area contributed by atoms with E-state index in [-0.39, 0.29) is 11.6 Å². The molecule has 2 aromatic carbocycles. The maximum absolute atomic E-state index is 13.7. The Labute approximate surface area is 148 Å². The van der Waals surface area contributed by atoms with Crippen LogP contribution < -0.4 is 0 Å². The largest absolute Gasteiger partial charge is 0.296 e. The first-order chi connectivity index (χ1) is 12.0. The minimum atomic E-state index is -3.25. The van der Waals surface area contributed by atoms with E-state index in [2.05, 4.69) is 4.90 Å². The highest BCUT2D eigenvalue weighted by molar-refractivity contribution is 7.89. The van der Waals surface area contributed by atoms with Crippen molar-refractivity contribution in [2.75, 3.05) is 31.9 Å². The fourth-order valence-corrected chi connectivity index (χ4v) is 4.53. The lowest BCUT2D eigenvalue weighted by atomic mass is 10.2. The second-order valence-electron chi connectivity index (χ2n) is 6.32. The van der Waals surface area contributed by atoms with Crippen LogP contribution in [0.1, 0.15) is 11.1 Å². The van der Waals surface area contributed by atoms with Crippen molar-refractivity contribution in [2.45, 2.75) is 13.0 Å². The average molecular weight is 362 g/mol. The van der Waals surface area contributed by atoms with Crippen molar-refractivity contribution in [3.63, 3.8) is 0 Å². The van der Waals surface area contributed by atoms with Gasteiger partial charge in [0.1, 0.15) is 5.82 Å². The Hall–Kier alpha value is -1.76. The minimum absolute atomic E-state index is 0.129.